The second-order valence-corrected chi connectivity index (χ2v) is 6.83. The number of hydrogen-bond acceptors (Lipinski definition) is 5. The summed E-state index contributed by atoms with van der Waals surface area (Å²) in [5.41, 5.74) is 4.08. The zero-order chi connectivity index (χ0) is 20.5. The minimum atomic E-state index is -0.189. The van der Waals surface area contributed by atoms with Crippen molar-refractivity contribution < 1.29 is 4.52 Å². The van der Waals surface area contributed by atoms with Gasteiger partial charge in [-0.1, -0.05) is 35.5 Å². The summed E-state index contributed by atoms with van der Waals surface area (Å²) in [5.74, 6) is 0.851. The Morgan fingerprint density at radius 2 is 1.97 bits per heavy atom. The van der Waals surface area contributed by atoms with Gasteiger partial charge < -0.3 is 9.51 Å². The third-order valence-corrected chi connectivity index (χ3v) is 4.85. The predicted molar refractivity (Wildman–Crippen MR) is 115 cm³/mol. The van der Waals surface area contributed by atoms with E-state index in [0.29, 0.717) is 11.7 Å². The van der Waals surface area contributed by atoms with Gasteiger partial charge in [-0.15, -0.1) is 0 Å². The van der Waals surface area contributed by atoms with E-state index in [1.54, 1.807) is 23.0 Å². The maximum atomic E-state index is 12.0. The first-order chi connectivity index (χ1) is 14.7. The van der Waals surface area contributed by atoms with E-state index in [-0.39, 0.29) is 5.69 Å². The number of aryl methyl sites for hydroxylation is 1. The molecule has 0 unspecified atom stereocenters. The van der Waals surface area contributed by atoms with E-state index in [1.165, 1.54) is 0 Å². The van der Waals surface area contributed by atoms with Crippen LogP contribution in [0.1, 0.15) is 17.1 Å². The van der Waals surface area contributed by atoms with Gasteiger partial charge in [0.15, 0.2) is 0 Å². The van der Waals surface area contributed by atoms with Crippen molar-refractivity contribution in [3.63, 3.8) is 0 Å². The molecule has 2 aromatic carbocycles. The largest absolute Gasteiger partial charge is 0.334 e. The van der Waals surface area contributed by atoms with E-state index in [1.807, 2.05) is 67.6 Å². The molecule has 5 rings (SSSR count). The Kier molecular flexibility index (Phi) is 4.33. The van der Waals surface area contributed by atoms with Crippen molar-refractivity contribution in [2.45, 2.75) is 6.92 Å². The number of aromatic nitrogens is 5. The number of H-pyrrole nitrogens is 1. The van der Waals surface area contributed by atoms with Gasteiger partial charge in [0.25, 0.3) is 5.89 Å². The van der Waals surface area contributed by atoms with Gasteiger partial charge >= 0.3 is 5.69 Å². The molecule has 0 aliphatic carbocycles. The quantitative estimate of drug-likeness (QED) is 0.491. The monoisotopic (exact) mass is 395 g/mol. The van der Waals surface area contributed by atoms with Crippen molar-refractivity contribution in [3.8, 4) is 17.1 Å². The number of aromatic amines is 1. The van der Waals surface area contributed by atoms with Gasteiger partial charge in [0.2, 0.25) is 5.82 Å². The lowest BCUT2D eigenvalue weighted by molar-refractivity contribution is 0.411. The van der Waals surface area contributed by atoms with Crippen LogP contribution < -0.4 is 5.69 Å². The van der Waals surface area contributed by atoms with Crippen molar-refractivity contribution >= 4 is 23.1 Å². The molecule has 7 heteroatoms. The van der Waals surface area contributed by atoms with Crippen LogP contribution in [0.2, 0.25) is 0 Å². The van der Waals surface area contributed by atoms with Crippen LogP contribution in [0.3, 0.4) is 0 Å². The van der Waals surface area contributed by atoms with Gasteiger partial charge in [-0.3, -0.25) is 9.55 Å². The zero-order valence-electron chi connectivity index (χ0n) is 16.1. The molecule has 0 aliphatic rings. The Labute approximate surface area is 171 Å². The minimum Gasteiger partial charge on any atom is -0.334 e. The second kappa shape index (κ2) is 7.29. The summed E-state index contributed by atoms with van der Waals surface area (Å²) in [6, 6.07) is 17.3. The maximum absolute atomic E-state index is 12.0. The molecule has 0 saturated carbocycles. The van der Waals surface area contributed by atoms with Gasteiger partial charge in [0.05, 0.1) is 11.2 Å². The standard InChI is InChI=1S/C23H17N5O2/c1-15-14-25-23(29)28(15)18-6-4-5-17(13-18)22-26-21(30-27-22)10-9-16-11-12-24-20-8-3-2-7-19(16)20/h2-14H,1H3,(H,25,29)/b10-9+. The lowest BCUT2D eigenvalue weighted by Crippen LogP contribution is -2.15. The number of nitrogens with zero attached hydrogens (tertiary/aromatic N) is 4. The van der Waals surface area contributed by atoms with Crippen molar-refractivity contribution in [2.75, 3.05) is 0 Å². The number of rotatable bonds is 4. The molecule has 0 radical (unpaired) electrons. The molecule has 30 heavy (non-hydrogen) atoms. The Balaban J connectivity index is 1.46. The number of imidazole rings is 1. The van der Waals surface area contributed by atoms with E-state index in [4.69, 9.17) is 4.52 Å². The van der Waals surface area contributed by atoms with Crippen LogP contribution in [0.25, 0.3) is 40.1 Å². The highest BCUT2D eigenvalue weighted by atomic mass is 16.5. The Morgan fingerprint density at radius 1 is 1.07 bits per heavy atom. The molecular weight excluding hydrogens is 378 g/mol. The number of para-hydroxylation sites is 1. The van der Waals surface area contributed by atoms with Crippen LogP contribution in [0.4, 0.5) is 0 Å². The Morgan fingerprint density at radius 3 is 2.83 bits per heavy atom. The molecular formula is C23H17N5O2. The molecule has 0 fully saturated rings. The first-order valence-electron chi connectivity index (χ1n) is 9.42. The van der Waals surface area contributed by atoms with Crippen LogP contribution in [0.5, 0.6) is 0 Å². The third kappa shape index (κ3) is 3.22. The maximum Gasteiger partial charge on any atom is 0.330 e. The molecule has 0 spiro atoms. The number of pyridine rings is 1. The van der Waals surface area contributed by atoms with Crippen LogP contribution >= 0.6 is 0 Å². The van der Waals surface area contributed by atoms with Gasteiger partial charge in [-0.05, 0) is 42.8 Å². The van der Waals surface area contributed by atoms with Gasteiger partial charge in [-0.25, -0.2) is 4.79 Å². The zero-order valence-corrected chi connectivity index (χ0v) is 16.1. The Hall–Kier alpha value is -4.26. The van der Waals surface area contributed by atoms with E-state index < -0.39 is 0 Å². The number of fused-ring (bicyclic) bond motifs is 1. The topological polar surface area (TPSA) is 89.6 Å². The molecule has 7 nitrogen and oxygen atoms in total. The van der Waals surface area contributed by atoms with Crippen LogP contribution in [-0.4, -0.2) is 24.7 Å². The van der Waals surface area contributed by atoms with E-state index in [2.05, 4.69) is 20.1 Å². The highest BCUT2D eigenvalue weighted by Gasteiger charge is 2.10. The lowest BCUT2D eigenvalue weighted by Gasteiger charge is -2.04. The highest BCUT2D eigenvalue weighted by Crippen LogP contribution is 2.22. The molecule has 0 bridgehead atoms. The Bertz CT molecular complexity index is 1440. The minimum absolute atomic E-state index is 0.189. The lowest BCUT2D eigenvalue weighted by atomic mass is 10.1. The summed E-state index contributed by atoms with van der Waals surface area (Å²) in [4.78, 5) is 23.6. The fourth-order valence-electron chi connectivity index (χ4n) is 3.40. The van der Waals surface area contributed by atoms with Gasteiger partial charge in [0, 0.05) is 35.1 Å². The summed E-state index contributed by atoms with van der Waals surface area (Å²) in [5, 5.41) is 5.14. The number of nitrogens with one attached hydrogen (secondary N) is 1. The van der Waals surface area contributed by atoms with Gasteiger partial charge in [-0.2, -0.15) is 4.98 Å². The molecule has 3 heterocycles. The number of hydrogen-bond donors (Lipinski definition) is 1. The SMILES string of the molecule is Cc1c[nH]c(=O)n1-c1cccc(-c2noc(/C=C/c3ccnc4ccccc34)n2)c1. The smallest absolute Gasteiger partial charge is 0.330 e. The average Bonchev–Trinajstić information content (AvgIpc) is 3.38. The molecule has 0 aliphatic heterocycles. The van der Waals surface area contributed by atoms with Crippen LogP contribution in [0, 0.1) is 6.92 Å². The fourth-order valence-corrected chi connectivity index (χ4v) is 3.40. The predicted octanol–water partition coefficient (Wildman–Crippen LogP) is 4.24. The van der Waals surface area contributed by atoms with Crippen molar-refractivity contribution in [1.82, 2.24) is 24.7 Å². The van der Waals surface area contributed by atoms with Crippen molar-refractivity contribution in [2.24, 2.45) is 0 Å². The van der Waals surface area contributed by atoms with Crippen LogP contribution in [-0.2, 0) is 0 Å². The molecule has 0 atom stereocenters. The first-order valence-corrected chi connectivity index (χ1v) is 9.42. The molecule has 0 amide bonds. The van der Waals surface area contributed by atoms with Crippen molar-refractivity contribution in [3.05, 3.63) is 94.6 Å². The van der Waals surface area contributed by atoms with Crippen LogP contribution in [0.15, 0.2) is 76.3 Å². The summed E-state index contributed by atoms with van der Waals surface area (Å²) in [6.45, 7) is 1.87. The normalized spacial score (nSPS) is 11.5. The van der Waals surface area contributed by atoms with Crippen molar-refractivity contribution in [1.29, 1.82) is 0 Å². The summed E-state index contributed by atoms with van der Waals surface area (Å²) >= 11 is 0. The first kappa shape index (κ1) is 17.8. The average molecular weight is 395 g/mol. The summed E-state index contributed by atoms with van der Waals surface area (Å²) < 4.78 is 6.99. The molecule has 1 N–H and O–H groups in total. The summed E-state index contributed by atoms with van der Waals surface area (Å²) in [7, 11) is 0. The number of benzene rings is 2. The third-order valence-electron chi connectivity index (χ3n) is 4.85. The second-order valence-electron chi connectivity index (χ2n) is 6.83. The van der Waals surface area contributed by atoms with E-state index >= 15 is 0 Å². The highest BCUT2D eigenvalue weighted by molar-refractivity contribution is 5.89. The fraction of sp³-hybridized carbons (Fsp3) is 0.0435. The molecule has 5 aromatic rings. The van der Waals surface area contributed by atoms with Gasteiger partial charge in [0.1, 0.15) is 0 Å². The van der Waals surface area contributed by atoms with E-state index in [9.17, 15) is 4.79 Å². The molecule has 0 saturated heterocycles. The summed E-state index contributed by atoms with van der Waals surface area (Å²) in [6.07, 6.45) is 7.16. The molecule has 146 valence electrons. The molecule has 3 aromatic heterocycles. The van der Waals surface area contributed by atoms with E-state index in [0.717, 1.165) is 33.4 Å².